The van der Waals surface area contributed by atoms with E-state index in [1.54, 1.807) is 0 Å². The van der Waals surface area contributed by atoms with Crippen LogP contribution >= 0.6 is 0 Å². The first-order chi connectivity index (χ1) is 14.2. The average molecular weight is 389 g/mol. The van der Waals surface area contributed by atoms with Crippen LogP contribution in [0.1, 0.15) is 12.5 Å². The summed E-state index contributed by atoms with van der Waals surface area (Å²) >= 11 is 0. The normalized spacial score (nSPS) is 10.8. The van der Waals surface area contributed by atoms with Crippen molar-refractivity contribution in [1.29, 1.82) is 0 Å². The van der Waals surface area contributed by atoms with Gasteiger partial charge in [-0.15, -0.1) is 5.10 Å². The SMILES string of the molecule is CCc1ccccc1NC(=O)Cn1nnc(-c2nc(-c3ccccc3)no2)c1N. The van der Waals surface area contributed by atoms with Crippen LogP contribution in [0, 0.1) is 0 Å². The van der Waals surface area contributed by atoms with Crippen molar-refractivity contribution in [3.63, 3.8) is 0 Å². The predicted octanol–water partition coefficient (Wildman–Crippen LogP) is 2.78. The first-order valence-electron chi connectivity index (χ1n) is 9.12. The van der Waals surface area contributed by atoms with Crippen LogP contribution in [-0.4, -0.2) is 31.0 Å². The Labute approximate surface area is 166 Å². The van der Waals surface area contributed by atoms with Crippen molar-refractivity contribution in [2.75, 3.05) is 11.1 Å². The molecule has 4 rings (SSSR count). The summed E-state index contributed by atoms with van der Waals surface area (Å²) in [5.74, 6) is 0.476. The molecule has 0 spiro atoms. The highest BCUT2D eigenvalue weighted by atomic mass is 16.5. The maximum atomic E-state index is 12.4. The van der Waals surface area contributed by atoms with Crippen LogP contribution in [0.4, 0.5) is 11.5 Å². The number of amides is 1. The van der Waals surface area contributed by atoms with E-state index in [1.807, 2.05) is 61.5 Å². The summed E-state index contributed by atoms with van der Waals surface area (Å²) in [5.41, 5.74) is 8.97. The van der Waals surface area contributed by atoms with Gasteiger partial charge in [0.15, 0.2) is 11.5 Å². The highest BCUT2D eigenvalue weighted by Crippen LogP contribution is 2.24. The number of anilines is 2. The summed E-state index contributed by atoms with van der Waals surface area (Å²) in [5, 5.41) is 14.8. The number of benzene rings is 2. The quantitative estimate of drug-likeness (QED) is 0.519. The van der Waals surface area contributed by atoms with Gasteiger partial charge in [-0.1, -0.05) is 65.8 Å². The summed E-state index contributed by atoms with van der Waals surface area (Å²) in [6.07, 6.45) is 0.812. The molecule has 0 aliphatic heterocycles. The summed E-state index contributed by atoms with van der Waals surface area (Å²) in [6, 6.07) is 17.0. The van der Waals surface area contributed by atoms with Crippen LogP contribution in [0.25, 0.3) is 23.0 Å². The second-order valence-electron chi connectivity index (χ2n) is 6.33. The van der Waals surface area contributed by atoms with Gasteiger partial charge in [0, 0.05) is 11.3 Å². The molecule has 0 saturated carbocycles. The van der Waals surface area contributed by atoms with E-state index in [2.05, 4.69) is 25.8 Å². The summed E-state index contributed by atoms with van der Waals surface area (Å²) in [7, 11) is 0. The van der Waals surface area contributed by atoms with Crippen molar-refractivity contribution < 1.29 is 9.32 Å². The Kier molecular flexibility index (Phi) is 5.02. The number of carbonyl (C=O) groups excluding carboxylic acids is 1. The van der Waals surface area contributed by atoms with Crippen molar-refractivity contribution in [3.8, 4) is 23.0 Å². The van der Waals surface area contributed by atoms with Crippen molar-refractivity contribution in [3.05, 3.63) is 60.2 Å². The molecule has 0 fully saturated rings. The van der Waals surface area contributed by atoms with Gasteiger partial charge in [-0.25, -0.2) is 4.68 Å². The molecule has 1 amide bonds. The number of nitrogens with two attached hydrogens (primary N) is 1. The number of hydrogen-bond acceptors (Lipinski definition) is 7. The molecule has 4 aromatic rings. The number of para-hydroxylation sites is 1. The molecule has 2 aromatic heterocycles. The molecule has 3 N–H and O–H groups in total. The van der Waals surface area contributed by atoms with Crippen LogP contribution in [0.5, 0.6) is 0 Å². The Morgan fingerprint density at radius 3 is 2.69 bits per heavy atom. The zero-order valence-electron chi connectivity index (χ0n) is 15.7. The highest BCUT2D eigenvalue weighted by Gasteiger charge is 2.20. The van der Waals surface area contributed by atoms with Gasteiger partial charge >= 0.3 is 0 Å². The molecule has 0 aliphatic rings. The van der Waals surface area contributed by atoms with Crippen LogP contribution in [-0.2, 0) is 17.8 Å². The first-order valence-corrected chi connectivity index (χ1v) is 9.12. The molecule has 29 heavy (non-hydrogen) atoms. The van der Waals surface area contributed by atoms with E-state index in [4.69, 9.17) is 10.3 Å². The van der Waals surface area contributed by atoms with Crippen molar-refractivity contribution in [2.45, 2.75) is 19.9 Å². The second-order valence-corrected chi connectivity index (χ2v) is 6.33. The zero-order chi connectivity index (χ0) is 20.2. The van der Waals surface area contributed by atoms with E-state index in [9.17, 15) is 4.79 Å². The fourth-order valence-corrected chi connectivity index (χ4v) is 2.89. The zero-order valence-corrected chi connectivity index (χ0v) is 15.7. The van der Waals surface area contributed by atoms with Gasteiger partial charge in [-0.3, -0.25) is 4.79 Å². The van der Waals surface area contributed by atoms with Gasteiger partial charge in [-0.05, 0) is 18.1 Å². The minimum atomic E-state index is -0.260. The maximum Gasteiger partial charge on any atom is 0.282 e. The van der Waals surface area contributed by atoms with E-state index in [-0.39, 0.29) is 29.9 Å². The van der Waals surface area contributed by atoms with Crippen molar-refractivity contribution in [1.82, 2.24) is 25.1 Å². The second kappa shape index (κ2) is 7.93. The van der Waals surface area contributed by atoms with Crippen LogP contribution in [0.15, 0.2) is 59.1 Å². The third kappa shape index (κ3) is 3.84. The monoisotopic (exact) mass is 389 g/mol. The van der Waals surface area contributed by atoms with E-state index in [0.29, 0.717) is 5.82 Å². The first kappa shape index (κ1) is 18.4. The molecule has 2 heterocycles. The lowest BCUT2D eigenvalue weighted by molar-refractivity contribution is -0.116. The van der Waals surface area contributed by atoms with E-state index >= 15 is 0 Å². The molecule has 146 valence electrons. The van der Waals surface area contributed by atoms with Gasteiger partial charge < -0.3 is 15.6 Å². The van der Waals surface area contributed by atoms with Crippen LogP contribution < -0.4 is 11.1 Å². The fourth-order valence-electron chi connectivity index (χ4n) is 2.89. The molecular weight excluding hydrogens is 370 g/mol. The molecule has 0 radical (unpaired) electrons. The summed E-state index contributed by atoms with van der Waals surface area (Å²) in [6.45, 7) is 1.94. The van der Waals surface area contributed by atoms with E-state index < -0.39 is 0 Å². The smallest absolute Gasteiger partial charge is 0.282 e. The Hall–Kier alpha value is -4.01. The van der Waals surface area contributed by atoms with Crippen molar-refractivity contribution >= 4 is 17.4 Å². The predicted molar refractivity (Wildman–Crippen MR) is 108 cm³/mol. The lowest BCUT2D eigenvalue weighted by atomic mass is 10.1. The molecule has 9 heteroatoms. The number of rotatable bonds is 6. The Balaban J connectivity index is 1.50. The molecule has 2 aromatic carbocycles. The maximum absolute atomic E-state index is 12.4. The van der Waals surface area contributed by atoms with Crippen molar-refractivity contribution in [2.24, 2.45) is 0 Å². The molecule has 0 aliphatic carbocycles. The summed E-state index contributed by atoms with van der Waals surface area (Å²) < 4.78 is 6.57. The number of nitrogens with zero attached hydrogens (tertiary/aromatic N) is 5. The lowest BCUT2D eigenvalue weighted by Crippen LogP contribution is -2.21. The van der Waals surface area contributed by atoms with E-state index in [1.165, 1.54) is 4.68 Å². The fraction of sp³-hybridized carbons (Fsp3) is 0.150. The number of carbonyl (C=O) groups is 1. The number of nitrogen functional groups attached to an aromatic ring is 1. The van der Waals surface area contributed by atoms with Gasteiger partial charge in [0.1, 0.15) is 6.54 Å². The van der Waals surface area contributed by atoms with Gasteiger partial charge in [0.2, 0.25) is 11.7 Å². The average Bonchev–Trinajstić information content (AvgIpc) is 3.36. The van der Waals surface area contributed by atoms with Gasteiger partial charge in [0.25, 0.3) is 5.89 Å². The highest BCUT2D eigenvalue weighted by molar-refractivity contribution is 5.91. The van der Waals surface area contributed by atoms with Gasteiger partial charge in [-0.2, -0.15) is 4.98 Å². The third-order valence-corrected chi connectivity index (χ3v) is 4.40. The largest absolute Gasteiger partial charge is 0.382 e. The minimum Gasteiger partial charge on any atom is -0.382 e. The number of hydrogen-bond donors (Lipinski definition) is 2. The molecular formula is C20H19N7O2. The Morgan fingerprint density at radius 2 is 1.90 bits per heavy atom. The third-order valence-electron chi connectivity index (χ3n) is 4.40. The number of aryl methyl sites for hydroxylation is 1. The Morgan fingerprint density at radius 1 is 1.14 bits per heavy atom. The van der Waals surface area contributed by atoms with Crippen LogP contribution in [0.2, 0.25) is 0 Å². The topological polar surface area (TPSA) is 125 Å². The summed E-state index contributed by atoms with van der Waals surface area (Å²) in [4.78, 5) is 16.8. The molecule has 0 bridgehead atoms. The van der Waals surface area contributed by atoms with E-state index in [0.717, 1.165) is 23.2 Å². The molecule has 0 unspecified atom stereocenters. The molecule has 9 nitrogen and oxygen atoms in total. The standard InChI is InChI=1S/C20H19N7O2/c1-2-13-8-6-7-11-15(13)22-16(28)12-27-18(21)17(24-26-27)20-23-19(25-29-20)14-9-4-3-5-10-14/h3-11H,2,12,21H2,1H3,(H,22,28). The number of aromatic nitrogens is 5. The lowest BCUT2D eigenvalue weighted by Gasteiger charge is -2.09. The minimum absolute atomic E-state index is 0.0867. The number of nitrogens with one attached hydrogen (secondary N) is 1. The molecule has 0 atom stereocenters. The Bertz CT molecular complexity index is 1130. The van der Waals surface area contributed by atoms with Crippen LogP contribution in [0.3, 0.4) is 0 Å². The van der Waals surface area contributed by atoms with Gasteiger partial charge in [0.05, 0.1) is 0 Å². The molecule has 0 saturated heterocycles.